The molecule has 0 aliphatic carbocycles. The van der Waals surface area contributed by atoms with E-state index in [1.165, 1.54) is 5.56 Å². The third-order valence-corrected chi connectivity index (χ3v) is 2.77. The summed E-state index contributed by atoms with van der Waals surface area (Å²) in [5.74, 6) is -0.165. The fourth-order valence-corrected chi connectivity index (χ4v) is 1.97. The number of hydrogen-bond donors (Lipinski definition) is 0. The van der Waals surface area contributed by atoms with E-state index in [1.807, 2.05) is 19.1 Å². The molecule has 0 aliphatic heterocycles. The molecular formula is C15H16O2. The Balaban J connectivity index is 2.39. The van der Waals surface area contributed by atoms with Gasteiger partial charge in [-0.05, 0) is 30.2 Å². The smallest absolute Gasteiger partial charge is 0.310 e. The minimum absolute atomic E-state index is 0.165. The van der Waals surface area contributed by atoms with E-state index in [1.54, 1.807) is 0 Å². The molecule has 0 aromatic heterocycles. The van der Waals surface area contributed by atoms with Crippen LogP contribution < -0.4 is 0 Å². The molecule has 0 unspecified atom stereocenters. The van der Waals surface area contributed by atoms with Gasteiger partial charge in [0.2, 0.25) is 0 Å². The van der Waals surface area contributed by atoms with Gasteiger partial charge >= 0.3 is 5.97 Å². The van der Waals surface area contributed by atoms with Crippen LogP contribution in [0.3, 0.4) is 0 Å². The minimum Gasteiger partial charge on any atom is -0.466 e. The molecule has 0 aliphatic rings. The van der Waals surface area contributed by atoms with Gasteiger partial charge in [0, 0.05) is 0 Å². The predicted molar refractivity (Wildman–Crippen MR) is 69.0 cm³/mol. The Labute approximate surface area is 101 Å². The molecule has 17 heavy (non-hydrogen) atoms. The zero-order valence-corrected chi connectivity index (χ0v) is 10.2. The van der Waals surface area contributed by atoms with Crippen LogP contribution in [-0.2, 0) is 16.0 Å². The average molecular weight is 228 g/mol. The van der Waals surface area contributed by atoms with Crippen molar-refractivity contribution in [2.75, 3.05) is 6.61 Å². The normalized spacial score (nSPS) is 10.5. The Hall–Kier alpha value is -1.83. The number of hydrogen-bond acceptors (Lipinski definition) is 2. The molecule has 0 amide bonds. The number of benzene rings is 2. The lowest BCUT2D eigenvalue weighted by Crippen LogP contribution is -2.07. The van der Waals surface area contributed by atoms with Crippen LogP contribution in [0, 0.1) is 6.92 Å². The summed E-state index contributed by atoms with van der Waals surface area (Å²) in [6.07, 6.45) is 0.342. The molecule has 0 heterocycles. The Bertz CT molecular complexity index is 544. The third-order valence-electron chi connectivity index (χ3n) is 2.77. The van der Waals surface area contributed by atoms with Crippen molar-refractivity contribution in [3.63, 3.8) is 0 Å². The Kier molecular flexibility index (Phi) is 3.43. The first kappa shape index (κ1) is 11.6. The molecule has 2 nitrogen and oxygen atoms in total. The summed E-state index contributed by atoms with van der Waals surface area (Å²) in [4.78, 5) is 11.5. The van der Waals surface area contributed by atoms with Gasteiger partial charge < -0.3 is 4.74 Å². The summed E-state index contributed by atoms with van der Waals surface area (Å²) < 4.78 is 4.99. The molecule has 2 heteroatoms. The van der Waals surface area contributed by atoms with E-state index in [4.69, 9.17) is 4.74 Å². The van der Waals surface area contributed by atoms with E-state index in [9.17, 15) is 4.79 Å². The monoisotopic (exact) mass is 228 g/mol. The summed E-state index contributed by atoms with van der Waals surface area (Å²) >= 11 is 0. The quantitative estimate of drug-likeness (QED) is 0.754. The number of fused-ring (bicyclic) bond motifs is 1. The van der Waals surface area contributed by atoms with Crippen molar-refractivity contribution in [3.8, 4) is 0 Å². The molecule has 0 spiro atoms. The molecule has 2 rings (SSSR count). The van der Waals surface area contributed by atoms with Gasteiger partial charge in [0.15, 0.2) is 0 Å². The van der Waals surface area contributed by atoms with Gasteiger partial charge in [-0.2, -0.15) is 0 Å². The van der Waals surface area contributed by atoms with Gasteiger partial charge in [-0.15, -0.1) is 0 Å². The summed E-state index contributed by atoms with van der Waals surface area (Å²) in [5, 5.41) is 2.30. The fourth-order valence-electron chi connectivity index (χ4n) is 1.97. The van der Waals surface area contributed by atoms with E-state index in [0.717, 1.165) is 16.3 Å². The van der Waals surface area contributed by atoms with Crippen LogP contribution in [0.4, 0.5) is 0 Å². The maximum absolute atomic E-state index is 11.5. The van der Waals surface area contributed by atoms with Gasteiger partial charge in [0.1, 0.15) is 0 Å². The lowest BCUT2D eigenvalue weighted by molar-refractivity contribution is -0.142. The van der Waals surface area contributed by atoms with Gasteiger partial charge in [-0.3, -0.25) is 4.79 Å². The van der Waals surface area contributed by atoms with E-state index in [-0.39, 0.29) is 5.97 Å². The predicted octanol–water partition coefficient (Wildman–Crippen LogP) is 3.25. The Morgan fingerprint density at radius 1 is 1.24 bits per heavy atom. The lowest BCUT2D eigenvalue weighted by Gasteiger charge is -2.07. The van der Waals surface area contributed by atoms with E-state index >= 15 is 0 Å². The standard InChI is InChI=1S/C15H16O2/c1-3-17-15(16)10-13-6-4-5-12-8-7-11(2)9-14(12)13/h4-9H,3,10H2,1-2H3. The van der Waals surface area contributed by atoms with Crippen LogP contribution in [0.1, 0.15) is 18.1 Å². The number of ether oxygens (including phenoxy) is 1. The van der Waals surface area contributed by atoms with E-state index in [0.29, 0.717) is 13.0 Å². The maximum Gasteiger partial charge on any atom is 0.310 e. The highest BCUT2D eigenvalue weighted by Gasteiger charge is 2.07. The molecule has 0 bridgehead atoms. The van der Waals surface area contributed by atoms with Gasteiger partial charge in [0.05, 0.1) is 13.0 Å². The molecule has 0 saturated heterocycles. The molecule has 0 fully saturated rings. The molecule has 2 aromatic rings. The molecule has 88 valence electrons. The van der Waals surface area contributed by atoms with E-state index < -0.39 is 0 Å². The van der Waals surface area contributed by atoms with Crippen LogP contribution in [0.15, 0.2) is 36.4 Å². The Morgan fingerprint density at radius 2 is 2.06 bits per heavy atom. The second kappa shape index (κ2) is 5.00. The molecule has 0 saturated carbocycles. The van der Waals surface area contributed by atoms with Crippen molar-refractivity contribution in [1.82, 2.24) is 0 Å². The molecule has 2 aromatic carbocycles. The van der Waals surface area contributed by atoms with Crippen molar-refractivity contribution in [2.24, 2.45) is 0 Å². The number of rotatable bonds is 3. The van der Waals surface area contributed by atoms with E-state index in [2.05, 4.69) is 31.2 Å². The van der Waals surface area contributed by atoms with Crippen molar-refractivity contribution < 1.29 is 9.53 Å². The first-order chi connectivity index (χ1) is 8.20. The third kappa shape index (κ3) is 2.64. The first-order valence-electron chi connectivity index (χ1n) is 5.84. The summed E-state index contributed by atoms with van der Waals surface area (Å²) in [5.41, 5.74) is 2.23. The number of esters is 1. The zero-order chi connectivity index (χ0) is 12.3. The van der Waals surface area contributed by atoms with Gasteiger partial charge in [0.25, 0.3) is 0 Å². The maximum atomic E-state index is 11.5. The molecule has 0 N–H and O–H groups in total. The fraction of sp³-hybridized carbons (Fsp3) is 0.267. The highest BCUT2D eigenvalue weighted by Crippen LogP contribution is 2.21. The first-order valence-corrected chi connectivity index (χ1v) is 5.84. The second-order valence-corrected chi connectivity index (χ2v) is 4.12. The molecule has 0 radical (unpaired) electrons. The van der Waals surface area contributed by atoms with Crippen molar-refractivity contribution in [2.45, 2.75) is 20.3 Å². The number of carbonyl (C=O) groups is 1. The van der Waals surface area contributed by atoms with Crippen LogP contribution in [0.2, 0.25) is 0 Å². The summed E-state index contributed by atoms with van der Waals surface area (Å²) in [6, 6.07) is 12.3. The van der Waals surface area contributed by atoms with Gasteiger partial charge in [-0.25, -0.2) is 0 Å². The van der Waals surface area contributed by atoms with Crippen molar-refractivity contribution in [3.05, 3.63) is 47.5 Å². The topological polar surface area (TPSA) is 26.3 Å². The zero-order valence-electron chi connectivity index (χ0n) is 10.2. The second-order valence-electron chi connectivity index (χ2n) is 4.12. The van der Waals surface area contributed by atoms with Crippen molar-refractivity contribution in [1.29, 1.82) is 0 Å². The summed E-state index contributed by atoms with van der Waals surface area (Å²) in [6.45, 7) is 4.31. The molecular weight excluding hydrogens is 212 g/mol. The SMILES string of the molecule is CCOC(=O)Cc1cccc2ccc(C)cc12. The van der Waals surface area contributed by atoms with Gasteiger partial charge in [-0.1, -0.05) is 42.0 Å². The minimum atomic E-state index is -0.165. The van der Waals surface area contributed by atoms with Crippen LogP contribution in [0.5, 0.6) is 0 Å². The largest absolute Gasteiger partial charge is 0.466 e. The van der Waals surface area contributed by atoms with Crippen LogP contribution >= 0.6 is 0 Å². The van der Waals surface area contributed by atoms with Crippen LogP contribution in [0.25, 0.3) is 10.8 Å². The molecule has 0 atom stereocenters. The average Bonchev–Trinajstić information content (AvgIpc) is 2.30. The highest BCUT2D eigenvalue weighted by atomic mass is 16.5. The highest BCUT2D eigenvalue weighted by molar-refractivity contribution is 5.89. The summed E-state index contributed by atoms with van der Waals surface area (Å²) in [7, 11) is 0. The number of carbonyl (C=O) groups excluding carboxylic acids is 1. The lowest BCUT2D eigenvalue weighted by atomic mass is 10.0. The Morgan fingerprint density at radius 3 is 2.82 bits per heavy atom. The van der Waals surface area contributed by atoms with Crippen molar-refractivity contribution >= 4 is 16.7 Å². The number of aryl methyl sites for hydroxylation is 1. The van der Waals surface area contributed by atoms with Crippen LogP contribution in [-0.4, -0.2) is 12.6 Å².